The molecule has 0 aliphatic rings. The van der Waals surface area contributed by atoms with Gasteiger partial charge >= 0.3 is 12.1 Å². The van der Waals surface area contributed by atoms with Crippen molar-refractivity contribution in [2.45, 2.75) is 112 Å². The standard InChI is InChI=1S/C30H49N3O6/c1-11-38-25(34)17-18-31-27(35)26(24-14-12-13-20(4)22(24)6)33(21(5)16-15-19(2)3)28(36)23(7)32-29(37)39-30(8,9)10/h12-14,19,21,23,26H,11,15-18H2,1-10H3,(H,31,35)(H,32,37). The maximum atomic E-state index is 14.0. The minimum Gasteiger partial charge on any atom is -0.466 e. The van der Waals surface area contributed by atoms with Crippen LogP contribution in [0.2, 0.25) is 0 Å². The molecule has 39 heavy (non-hydrogen) atoms. The molecule has 0 saturated carbocycles. The molecular formula is C30H49N3O6. The quantitative estimate of drug-likeness (QED) is 0.337. The van der Waals surface area contributed by atoms with Gasteiger partial charge < -0.3 is 25.0 Å². The lowest BCUT2D eigenvalue weighted by molar-refractivity contribution is -0.146. The van der Waals surface area contributed by atoms with E-state index in [-0.39, 0.29) is 25.6 Å². The van der Waals surface area contributed by atoms with Gasteiger partial charge in [0.2, 0.25) is 11.8 Å². The van der Waals surface area contributed by atoms with Gasteiger partial charge in [0, 0.05) is 12.6 Å². The van der Waals surface area contributed by atoms with Gasteiger partial charge in [-0.15, -0.1) is 0 Å². The van der Waals surface area contributed by atoms with Crippen LogP contribution >= 0.6 is 0 Å². The van der Waals surface area contributed by atoms with E-state index in [4.69, 9.17) is 9.47 Å². The molecule has 1 aromatic rings. The van der Waals surface area contributed by atoms with E-state index in [2.05, 4.69) is 24.5 Å². The predicted molar refractivity (Wildman–Crippen MR) is 152 cm³/mol. The summed E-state index contributed by atoms with van der Waals surface area (Å²) in [6, 6.07) is 3.43. The number of carbonyl (C=O) groups is 4. The van der Waals surface area contributed by atoms with Crippen LogP contribution in [0, 0.1) is 19.8 Å². The normalized spacial score (nSPS) is 13.7. The number of esters is 1. The molecule has 0 fully saturated rings. The summed E-state index contributed by atoms with van der Waals surface area (Å²) in [6.07, 6.45) is 0.829. The SMILES string of the molecule is CCOC(=O)CCNC(=O)C(c1cccc(C)c1C)N(C(=O)C(C)NC(=O)OC(C)(C)C)C(C)CCC(C)C. The number of nitrogens with zero attached hydrogens (tertiary/aromatic N) is 1. The molecule has 9 nitrogen and oxygen atoms in total. The maximum absolute atomic E-state index is 14.0. The van der Waals surface area contributed by atoms with Crippen molar-refractivity contribution < 1.29 is 28.7 Å². The van der Waals surface area contributed by atoms with Crippen molar-refractivity contribution in [3.63, 3.8) is 0 Å². The smallest absolute Gasteiger partial charge is 0.408 e. The van der Waals surface area contributed by atoms with Crippen LogP contribution in [0.1, 0.15) is 97.4 Å². The highest BCUT2D eigenvalue weighted by molar-refractivity contribution is 5.92. The first-order chi connectivity index (χ1) is 18.1. The average molecular weight is 548 g/mol. The number of alkyl carbamates (subject to hydrolysis) is 1. The molecule has 0 aliphatic heterocycles. The zero-order chi connectivity index (χ0) is 29.9. The Balaban J connectivity index is 3.48. The number of carbonyl (C=O) groups excluding carboxylic acids is 4. The lowest BCUT2D eigenvalue weighted by Crippen LogP contribution is -2.55. The summed E-state index contributed by atoms with van der Waals surface area (Å²) in [5.74, 6) is -0.806. The molecule has 1 aromatic carbocycles. The van der Waals surface area contributed by atoms with Crippen LogP contribution in [0.5, 0.6) is 0 Å². The number of amides is 3. The number of benzene rings is 1. The minimum atomic E-state index is -0.968. The lowest BCUT2D eigenvalue weighted by atomic mass is 9.93. The van der Waals surface area contributed by atoms with Crippen LogP contribution in [-0.4, -0.2) is 59.6 Å². The number of nitrogens with one attached hydrogen (secondary N) is 2. The van der Waals surface area contributed by atoms with Gasteiger partial charge in [0.1, 0.15) is 17.7 Å². The molecule has 0 aliphatic carbocycles. The zero-order valence-electron chi connectivity index (χ0n) is 25.5. The Labute approximate surface area is 234 Å². The van der Waals surface area contributed by atoms with E-state index in [1.165, 1.54) is 0 Å². The summed E-state index contributed by atoms with van der Waals surface area (Å²) in [7, 11) is 0. The summed E-state index contributed by atoms with van der Waals surface area (Å²) >= 11 is 0. The minimum absolute atomic E-state index is 0.0204. The Morgan fingerprint density at radius 1 is 1.00 bits per heavy atom. The highest BCUT2D eigenvalue weighted by Gasteiger charge is 2.38. The molecule has 0 saturated heterocycles. The van der Waals surface area contributed by atoms with E-state index in [1.54, 1.807) is 39.5 Å². The fraction of sp³-hybridized carbons (Fsp3) is 0.667. The van der Waals surface area contributed by atoms with Gasteiger partial charge in [-0.05, 0) is 90.8 Å². The molecule has 0 heterocycles. The topological polar surface area (TPSA) is 114 Å². The highest BCUT2D eigenvalue weighted by atomic mass is 16.6. The summed E-state index contributed by atoms with van der Waals surface area (Å²) in [4.78, 5) is 53.7. The van der Waals surface area contributed by atoms with Gasteiger partial charge in [-0.2, -0.15) is 0 Å². The van der Waals surface area contributed by atoms with Crippen LogP contribution in [0.3, 0.4) is 0 Å². The molecule has 0 aromatic heterocycles. The van der Waals surface area contributed by atoms with E-state index in [9.17, 15) is 19.2 Å². The second-order valence-electron chi connectivity index (χ2n) is 11.5. The van der Waals surface area contributed by atoms with Crippen molar-refractivity contribution in [3.05, 3.63) is 34.9 Å². The highest BCUT2D eigenvalue weighted by Crippen LogP contribution is 2.30. The van der Waals surface area contributed by atoms with Crippen LogP contribution in [0.15, 0.2) is 18.2 Å². The van der Waals surface area contributed by atoms with Crippen LogP contribution in [0.4, 0.5) is 4.79 Å². The van der Waals surface area contributed by atoms with Crippen molar-refractivity contribution in [2.75, 3.05) is 13.2 Å². The fourth-order valence-electron chi connectivity index (χ4n) is 4.19. The largest absolute Gasteiger partial charge is 0.466 e. The maximum Gasteiger partial charge on any atom is 0.408 e. The van der Waals surface area contributed by atoms with Gasteiger partial charge in [0.25, 0.3) is 0 Å². The third kappa shape index (κ3) is 11.3. The molecule has 3 unspecified atom stereocenters. The second-order valence-corrected chi connectivity index (χ2v) is 11.5. The Hall–Kier alpha value is -3.10. The third-order valence-corrected chi connectivity index (χ3v) is 6.40. The lowest BCUT2D eigenvalue weighted by Gasteiger charge is -2.39. The van der Waals surface area contributed by atoms with E-state index in [1.807, 2.05) is 39.0 Å². The molecule has 220 valence electrons. The first-order valence-corrected chi connectivity index (χ1v) is 13.9. The second kappa shape index (κ2) is 15.5. The monoisotopic (exact) mass is 547 g/mol. The van der Waals surface area contributed by atoms with Gasteiger partial charge in [0.05, 0.1) is 13.0 Å². The third-order valence-electron chi connectivity index (χ3n) is 6.40. The van der Waals surface area contributed by atoms with Crippen LogP contribution in [0.25, 0.3) is 0 Å². The fourth-order valence-corrected chi connectivity index (χ4v) is 4.19. The Bertz CT molecular complexity index is 985. The molecule has 1 rings (SSSR count). The molecule has 9 heteroatoms. The Kier molecular flexibility index (Phi) is 13.5. The average Bonchev–Trinajstić information content (AvgIpc) is 2.81. The predicted octanol–water partition coefficient (Wildman–Crippen LogP) is 4.98. The van der Waals surface area contributed by atoms with Crippen LogP contribution < -0.4 is 10.6 Å². The van der Waals surface area contributed by atoms with Crippen molar-refractivity contribution in [2.24, 2.45) is 5.92 Å². The number of rotatable bonds is 13. The number of ether oxygens (including phenoxy) is 2. The summed E-state index contributed by atoms with van der Waals surface area (Å²) in [5.41, 5.74) is 1.85. The summed E-state index contributed by atoms with van der Waals surface area (Å²) < 4.78 is 10.3. The molecule has 0 bridgehead atoms. The van der Waals surface area contributed by atoms with Crippen molar-refractivity contribution in [1.29, 1.82) is 0 Å². The Morgan fingerprint density at radius 2 is 1.64 bits per heavy atom. The molecule has 3 amide bonds. The zero-order valence-corrected chi connectivity index (χ0v) is 25.5. The number of hydrogen-bond acceptors (Lipinski definition) is 6. The van der Waals surface area contributed by atoms with Gasteiger partial charge in [-0.25, -0.2) is 4.79 Å². The molecule has 3 atom stereocenters. The number of hydrogen-bond donors (Lipinski definition) is 2. The molecule has 2 N–H and O–H groups in total. The van der Waals surface area contributed by atoms with E-state index < -0.39 is 41.6 Å². The first kappa shape index (κ1) is 33.9. The first-order valence-electron chi connectivity index (χ1n) is 13.9. The number of aryl methyl sites for hydroxylation is 1. The van der Waals surface area contributed by atoms with Crippen LogP contribution in [-0.2, 0) is 23.9 Å². The van der Waals surface area contributed by atoms with Gasteiger partial charge in [-0.3, -0.25) is 14.4 Å². The molecular weight excluding hydrogens is 498 g/mol. The van der Waals surface area contributed by atoms with E-state index in [0.29, 0.717) is 17.9 Å². The van der Waals surface area contributed by atoms with E-state index >= 15 is 0 Å². The van der Waals surface area contributed by atoms with Gasteiger partial charge in [0.15, 0.2) is 0 Å². The van der Waals surface area contributed by atoms with Crippen molar-refractivity contribution in [1.82, 2.24) is 15.5 Å². The Morgan fingerprint density at radius 3 is 2.21 bits per heavy atom. The van der Waals surface area contributed by atoms with Gasteiger partial charge in [-0.1, -0.05) is 32.0 Å². The van der Waals surface area contributed by atoms with E-state index in [0.717, 1.165) is 17.5 Å². The molecule has 0 spiro atoms. The summed E-state index contributed by atoms with van der Waals surface area (Å²) in [6.45, 7) is 18.9. The molecule has 0 radical (unpaired) electrons. The van der Waals surface area contributed by atoms with Crippen molar-refractivity contribution >= 4 is 23.9 Å². The summed E-state index contributed by atoms with van der Waals surface area (Å²) in [5, 5.41) is 5.47. The van der Waals surface area contributed by atoms with Crippen molar-refractivity contribution in [3.8, 4) is 0 Å².